The number of hydrogen-bond donors (Lipinski definition) is 1. The summed E-state index contributed by atoms with van der Waals surface area (Å²) in [5.74, 6) is 1.63. The highest BCUT2D eigenvalue weighted by atomic mass is 32.2. The molecule has 0 saturated carbocycles. The molecule has 3 aromatic heterocycles. The van der Waals surface area contributed by atoms with Gasteiger partial charge in [-0.1, -0.05) is 49.0 Å². The topological polar surface area (TPSA) is 94.1 Å². The normalized spacial score (nSPS) is 11.2. The number of nitrogens with zero attached hydrogens (tertiary/aromatic N) is 3. The molecule has 1 aromatic carbocycles. The van der Waals surface area contributed by atoms with Crippen LogP contribution in [0.2, 0.25) is 0 Å². The average Bonchev–Trinajstić information content (AvgIpc) is 3.38. The molecule has 0 atom stereocenters. The molecule has 0 radical (unpaired) electrons. The quantitative estimate of drug-likeness (QED) is 0.373. The molecule has 0 aliphatic heterocycles. The lowest BCUT2D eigenvalue weighted by atomic mass is 10.1. The van der Waals surface area contributed by atoms with Gasteiger partial charge in [0, 0.05) is 11.5 Å². The predicted molar refractivity (Wildman–Crippen MR) is 107 cm³/mol. The van der Waals surface area contributed by atoms with Gasteiger partial charge in [-0.15, -0.1) is 0 Å². The molecule has 1 N–H and O–H groups in total. The molecule has 0 aliphatic rings. The Balaban J connectivity index is 1.52. The lowest BCUT2D eigenvalue weighted by Gasteiger charge is -2.07. The summed E-state index contributed by atoms with van der Waals surface area (Å²) >= 11 is 1.33. The van der Waals surface area contributed by atoms with E-state index >= 15 is 0 Å². The minimum absolute atomic E-state index is 0.177. The Hall–Kier alpha value is -3.13. The van der Waals surface area contributed by atoms with Gasteiger partial charge >= 0.3 is 0 Å². The third kappa shape index (κ3) is 3.91. The minimum Gasteiger partial charge on any atom is -0.461 e. The highest BCUT2D eigenvalue weighted by molar-refractivity contribution is 8.00. The fourth-order valence-electron chi connectivity index (χ4n) is 2.60. The Bertz CT molecular complexity index is 1110. The van der Waals surface area contributed by atoms with E-state index in [9.17, 15) is 4.79 Å². The van der Waals surface area contributed by atoms with Crippen LogP contribution in [0, 0.1) is 0 Å². The fourth-order valence-corrected chi connectivity index (χ4v) is 3.42. The van der Waals surface area contributed by atoms with Crippen LogP contribution in [0.4, 0.5) is 5.88 Å². The van der Waals surface area contributed by atoms with Crippen molar-refractivity contribution >= 4 is 34.5 Å². The van der Waals surface area contributed by atoms with Crippen molar-refractivity contribution in [2.45, 2.75) is 24.8 Å². The van der Waals surface area contributed by atoms with Crippen molar-refractivity contribution in [3.63, 3.8) is 0 Å². The van der Waals surface area contributed by atoms with E-state index in [0.29, 0.717) is 22.5 Å². The molecular weight excluding hydrogens is 376 g/mol. The summed E-state index contributed by atoms with van der Waals surface area (Å²) in [4.78, 5) is 21.5. The van der Waals surface area contributed by atoms with Crippen LogP contribution < -0.4 is 5.32 Å². The zero-order valence-corrected chi connectivity index (χ0v) is 16.2. The van der Waals surface area contributed by atoms with Crippen molar-refractivity contribution in [1.29, 1.82) is 0 Å². The summed E-state index contributed by atoms with van der Waals surface area (Å²) in [6, 6.07) is 13.0. The number of aromatic nitrogens is 3. The standard InChI is InChI=1S/C20H18N4O3S/c1-12(2)15-10-18(27-24-15)22-17(25)11-28-20-13-6-3-4-7-14(13)21-19(23-20)16-8-5-9-26-16/h3-10,12H,11H2,1-2H3,(H,22,25). The van der Waals surface area contributed by atoms with E-state index in [1.54, 1.807) is 18.4 Å². The summed E-state index contributed by atoms with van der Waals surface area (Å²) in [7, 11) is 0. The zero-order valence-electron chi connectivity index (χ0n) is 15.4. The number of rotatable bonds is 6. The van der Waals surface area contributed by atoms with Gasteiger partial charge in [0.25, 0.3) is 0 Å². The number of amides is 1. The molecule has 0 aliphatic carbocycles. The second kappa shape index (κ2) is 7.85. The summed E-state index contributed by atoms with van der Waals surface area (Å²) in [6.07, 6.45) is 1.58. The number of carbonyl (C=O) groups excluding carboxylic acids is 1. The molecule has 3 heterocycles. The number of para-hydroxylation sites is 1. The van der Waals surface area contributed by atoms with Crippen LogP contribution in [0.15, 0.2) is 62.7 Å². The maximum Gasteiger partial charge on any atom is 0.237 e. The second-order valence-electron chi connectivity index (χ2n) is 6.45. The second-order valence-corrected chi connectivity index (χ2v) is 7.42. The van der Waals surface area contributed by atoms with Crippen molar-refractivity contribution in [1.82, 2.24) is 15.1 Å². The molecular formula is C20H18N4O3S. The average molecular weight is 394 g/mol. The molecule has 1 amide bonds. The summed E-state index contributed by atoms with van der Waals surface area (Å²) in [5, 5.41) is 8.27. The van der Waals surface area contributed by atoms with Crippen LogP contribution in [0.1, 0.15) is 25.5 Å². The van der Waals surface area contributed by atoms with Gasteiger partial charge < -0.3 is 8.94 Å². The van der Waals surface area contributed by atoms with Crippen molar-refractivity contribution in [2.75, 3.05) is 11.1 Å². The molecule has 142 valence electrons. The van der Waals surface area contributed by atoms with E-state index in [-0.39, 0.29) is 17.6 Å². The zero-order chi connectivity index (χ0) is 19.5. The third-order valence-electron chi connectivity index (χ3n) is 4.03. The highest BCUT2D eigenvalue weighted by Gasteiger charge is 2.14. The van der Waals surface area contributed by atoms with Gasteiger partial charge in [-0.2, -0.15) is 0 Å². The molecule has 0 saturated heterocycles. The molecule has 4 aromatic rings. The Labute approximate surface area is 165 Å². The van der Waals surface area contributed by atoms with Crippen molar-refractivity contribution < 1.29 is 13.7 Å². The van der Waals surface area contributed by atoms with Crippen molar-refractivity contribution in [3.05, 3.63) is 54.4 Å². The van der Waals surface area contributed by atoms with Crippen LogP contribution in [0.25, 0.3) is 22.5 Å². The van der Waals surface area contributed by atoms with Gasteiger partial charge in [-0.05, 0) is 24.1 Å². The lowest BCUT2D eigenvalue weighted by molar-refractivity contribution is -0.113. The first-order valence-corrected chi connectivity index (χ1v) is 9.78. The first-order valence-electron chi connectivity index (χ1n) is 8.80. The highest BCUT2D eigenvalue weighted by Crippen LogP contribution is 2.28. The van der Waals surface area contributed by atoms with Crippen molar-refractivity contribution in [2.24, 2.45) is 0 Å². The number of furan rings is 1. The lowest BCUT2D eigenvalue weighted by Crippen LogP contribution is -2.13. The molecule has 28 heavy (non-hydrogen) atoms. The van der Waals surface area contributed by atoms with Gasteiger partial charge in [0.1, 0.15) is 5.03 Å². The summed E-state index contributed by atoms with van der Waals surface area (Å²) < 4.78 is 10.6. The first kappa shape index (κ1) is 18.2. The Kier molecular flexibility index (Phi) is 5.12. The van der Waals surface area contributed by atoms with Gasteiger partial charge in [-0.3, -0.25) is 10.1 Å². The van der Waals surface area contributed by atoms with E-state index < -0.39 is 0 Å². The van der Waals surface area contributed by atoms with Gasteiger partial charge in [0.05, 0.1) is 23.2 Å². The molecule has 8 heteroatoms. The monoisotopic (exact) mass is 394 g/mol. The van der Waals surface area contributed by atoms with Crippen LogP contribution in [0.3, 0.4) is 0 Å². The van der Waals surface area contributed by atoms with Crippen LogP contribution in [-0.4, -0.2) is 26.8 Å². The number of nitrogens with one attached hydrogen (secondary N) is 1. The van der Waals surface area contributed by atoms with Crippen LogP contribution in [-0.2, 0) is 4.79 Å². The van der Waals surface area contributed by atoms with Gasteiger partial charge in [0.2, 0.25) is 11.8 Å². The molecule has 0 spiro atoms. The molecule has 0 fully saturated rings. The Morgan fingerprint density at radius 2 is 2.04 bits per heavy atom. The molecule has 4 rings (SSSR count). The van der Waals surface area contributed by atoms with Gasteiger partial charge in [0.15, 0.2) is 11.6 Å². The fraction of sp³-hybridized carbons (Fsp3) is 0.200. The van der Waals surface area contributed by atoms with Crippen LogP contribution >= 0.6 is 11.8 Å². The van der Waals surface area contributed by atoms with Gasteiger partial charge in [-0.25, -0.2) is 9.97 Å². The number of anilines is 1. The predicted octanol–water partition coefficient (Wildman–Crippen LogP) is 4.73. The SMILES string of the molecule is CC(C)c1cc(NC(=O)CSc2nc(-c3ccco3)nc3ccccc23)on1. The number of fused-ring (bicyclic) bond motifs is 1. The number of thioether (sulfide) groups is 1. The summed E-state index contributed by atoms with van der Waals surface area (Å²) in [5.41, 5.74) is 1.59. The van der Waals surface area contributed by atoms with E-state index in [1.165, 1.54) is 11.8 Å². The number of benzene rings is 1. The molecule has 0 bridgehead atoms. The van der Waals surface area contributed by atoms with E-state index in [2.05, 4.69) is 20.4 Å². The molecule has 0 unspecified atom stereocenters. The minimum atomic E-state index is -0.196. The van der Waals surface area contributed by atoms with Crippen LogP contribution in [0.5, 0.6) is 0 Å². The maximum atomic E-state index is 12.3. The van der Waals surface area contributed by atoms with E-state index in [0.717, 1.165) is 16.6 Å². The Morgan fingerprint density at radius 1 is 1.18 bits per heavy atom. The Morgan fingerprint density at radius 3 is 2.79 bits per heavy atom. The maximum absolute atomic E-state index is 12.3. The number of hydrogen-bond acceptors (Lipinski definition) is 7. The van der Waals surface area contributed by atoms with E-state index in [4.69, 9.17) is 8.94 Å². The summed E-state index contributed by atoms with van der Waals surface area (Å²) in [6.45, 7) is 4.02. The first-order chi connectivity index (χ1) is 13.6. The van der Waals surface area contributed by atoms with E-state index in [1.807, 2.05) is 44.2 Å². The largest absolute Gasteiger partial charge is 0.461 e. The third-order valence-corrected chi connectivity index (χ3v) is 5.02. The van der Waals surface area contributed by atoms with Crippen molar-refractivity contribution in [3.8, 4) is 11.6 Å². The molecule has 7 nitrogen and oxygen atoms in total. The number of carbonyl (C=O) groups is 1. The smallest absolute Gasteiger partial charge is 0.237 e.